The molecular weight excluding hydrogens is 445 g/mol. The van der Waals surface area contributed by atoms with Gasteiger partial charge < -0.3 is 4.74 Å². The summed E-state index contributed by atoms with van der Waals surface area (Å²) < 4.78 is 20.2. The van der Waals surface area contributed by atoms with Crippen molar-refractivity contribution >= 4 is 50.1 Å². The molecule has 0 radical (unpaired) electrons. The highest BCUT2D eigenvalue weighted by Crippen LogP contribution is 2.38. The minimum atomic E-state index is -0.389. The fourth-order valence-corrected chi connectivity index (χ4v) is 3.49. The van der Waals surface area contributed by atoms with Gasteiger partial charge in [-0.15, -0.1) is 11.6 Å². The van der Waals surface area contributed by atoms with E-state index in [1.807, 2.05) is 18.2 Å². The predicted molar refractivity (Wildman–Crippen MR) is 87.5 cm³/mol. The first kappa shape index (κ1) is 15.1. The summed E-state index contributed by atoms with van der Waals surface area (Å²) >= 11 is 12.0. The van der Waals surface area contributed by atoms with Crippen molar-refractivity contribution in [3.05, 3.63) is 61.4 Å². The van der Waals surface area contributed by atoms with Crippen LogP contribution >= 0.6 is 50.1 Å². The van der Waals surface area contributed by atoms with Gasteiger partial charge >= 0.3 is 0 Å². The first-order chi connectivity index (χ1) is 9.02. The number of halogens is 4. The van der Waals surface area contributed by atoms with E-state index in [4.69, 9.17) is 16.3 Å². The summed E-state index contributed by atoms with van der Waals surface area (Å²) in [4.78, 5) is 0. The highest BCUT2D eigenvalue weighted by atomic mass is 127. The van der Waals surface area contributed by atoms with Gasteiger partial charge in [-0.2, -0.15) is 0 Å². The van der Waals surface area contributed by atoms with Crippen LogP contribution in [0.15, 0.2) is 40.9 Å². The van der Waals surface area contributed by atoms with Crippen molar-refractivity contribution in [1.29, 1.82) is 0 Å². The second-order valence-corrected chi connectivity index (χ2v) is 6.43. The summed E-state index contributed by atoms with van der Waals surface area (Å²) in [5, 5.41) is -0.389. The Morgan fingerprint density at radius 1 is 1.21 bits per heavy atom. The number of ether oxygens (including phenoxy) is 1. The van der Waals surface area contributed by atoms with Crippen molar-refractivity contribution in [3.8, 4) is 5.75 Å². The molecule has 0 fully saturated rings. The van der Waals surface area contributed by atoms with Crippen molar-refractivity contribution in [1.82, 2.24) is 0 Å². The Bertz CT molecular complexity index is 606. The van der Waals surface area contributed by atoms with E-state index in [0.29, 0.717) is 5.75 Å². The van der Waals surface area contributed by atoms with Crippen LogP contribution < -0.4 is 4.74 Å². The van der Waals surface area contributed by atoms with E-state index in [2.05, 4.69) is 38.5 Å². The van der Waals surface area contributed by atoms with Crippen LogP contribution in [0.25, 0.3) is 0 Å². The number of rotatable bonds is 3. The van der Waals surface area contributed by atoms with Gasteiger partial charge in [-0.05, 0) is 58.5 Å². The van der Waals surface area contributed by atoms with Gasteiger partial charge in [0.15, 0.2) is 0 Å². The summed E-state index contributed by atoms with van der Waals surface area (Å²) in [6.07, 6.45) is 0. The first-order valence-corrected chi connectivity index (χ1v) is 7.76. The number of hydrogen-bond donors (Lipinski definition) is 0. The molecule has 1 atom stereocenters. The van der Waals surface area contributed by atoms with Crippen molar-refractivity contribution < 1.29 is 9.13 Å². The SMILES string of the molecule is COc1ccc(Br)cc1C(Cl)c1ccc(F)cc1I. The topological polar surface area (TPSA) is 9.23 Å². The average Bonchev–Trinajstić information content (AvgIpc) is 2.38. The lowest BCUT2D eigenvalue weighted by molar-refractivity contribution is 0.410. The molecule has 0 saturated heterocycles. The number of methoxy groups -OCH3 is 1. The Hall–Kier alpha value is -0.330. The van der Waals surface area contributed by atoms with Crippen LogP contribution in [-0.4, -0.2) is 7.11 Å². The highest BCUT2D eigenvalue weighted by Gasteiger charge is 2.18. The molecule has 0 aliphatic heterocycles. The molecule has 100 valence electrons. The first-order valence-electron chi connectivity index (χ1n) is 5.45. The molecule has 0 aliphatic carbocycles. The normalized spacial score (nSPS) is 12.3. The largest absolute Gasteiger partial charge is 0.496 e. The number of alkyl halides is 1. The number of benzene rings is 2. The van der Waals surface area contributed by atoms with Crippen LogP contribution in [0.4, 0.5) is 4.39 Å². The van der Waals surface area contributed by atoms with Crippen molar-refractivity contribution in [2.45, 2.75) is 5.38 Å². The molecule has 1 nitrogen and oxygen atoms in total. The maximum absolute atomic E-state index is 13.1. The van der Waals surface area contributed by atoms with Crippen molar-refractivity contribution in [2.24, 2.45) is 0 Å². The van der Waals surface area contributed by atoms with E-state index >= 15 is 0 Å². The van der Waals surface area contributed by atoms with Gasteiger partial charge in [0.25, 0.3) is 0 Å². The van der Waals surface area contributed by atoms with Gasteiger partial charge in [0.05, 0.1) is 12.5 Å². The molecule has 0 aromatic heterocycles. The Kier molecular flexibility index (Phi) is 5.09. The predicted octanol–water partition coefficient (Wildman–Crippen LogP) is 5.53. The molecule has 1 unspecified atom stereocenters. The summed E-state index contributed by atoms with van der Waals surface area (Å²) in [5.74, 6) is 0.446. The zero-order valence-electron chi connectivity index (χ0n) is 9.96. The molecule has 0 spiro atoms. The van der Waals surface area contributed by atoms with Gasteiger partial charge in [0.1, 0.15) is 11.6 Å². The molecule has 0 amide bonds. The Morgan fingerprint density at radius 3 is 2.58 bits per heavy atom. The highest BCUT2D eigenvalue weighted by molar-refractivity contribution is 14.1. The molecule has 2 rings (SSSR count). The molecule has 0 N–H and O–H groups in total. The molecule has 0 heterocycles. The minimum absolute atomic E-state index is 0.266. The Balaban J connectivity index is 2.49. The fraction of sp³-hybridized carbons (Fsp3) is 0.143. The standard InChI is InChI=1S/C14H10BrClFIO/c1-19-13-5-2-8(15)6-11(13)14(16)10-4-3-9(17)7-12(10)18/h2-7,14H,1H3. The maximum Gasteiger partial charge on any atom is 0.124 e. The smallest absolute Gasteiger partial charge is 0.124 e. The molecule has 0 saturated carbocycles. The molecule has 0 bridgehead atoms. The van der Waals surface area contributed by atoms with Crippen molar-refractivity contribution in [3.63, 3.8) is 0 Å². The third kappa shape index (κ3) is 3.41. The lowest BCUT2D eigenvalue weighted by Gasteiger charge is -2.16. The van der Waals surface area contributed by atoms with E-state index in [-0.39, 0.29) is 11.2 Å². The van der Waals surface area contributed by atoms with Gasteiger partial charge in [-0.25, -0.2) is 4.39 Å². The average molecular weight is 455 g/mol. The second-order valence-electron chi connectivity index (χ2n) is 3.91. The lowest BCUT2D eigenvalue weighted by Crippen LogP contribution is -2.00. The molecule has 2 aromatic rings. The monoisotopic (exact) mass is 454 g/mol. The van der Waals surface area contributed by atoms with E-state index in [0.717, 1.165) is 19.2 Å². The molecule has 5 heteroatoms. The maximum atomic E-state index is 13.1. The van der Waals surface area contributed by atoms with E-state index < -0.39 is 0 Å². The van der Waals surface area contributed by atoms with Crippen LogP contribution in [0.1, 0.15) is 16.5 Å². The van der Waals surface area contributed by atoms with Gasteiger partial charge in [-0.1, -0.05) is 22.0 Å². The Morgan fingerprint density at radius 2 is 1.95 bits per heavy atom. The van der Waals surface area contributed by atoms with Gasteiger partial charge in [0.2, 0.25) is 0 Å². The fourth-order valence-electron chi connectivity index (χ4n) is 1.78. The summed E-state index contributed by atoms with van der Waals surface area (Å²) in [6, 6.07) is 10.2. The third-order valence-corrected chi connectivity index (χ3v) is 4.60. The van der Waals surface area contributed by atoms with Crippen LogP contribution in [0, 0.1) is 9.39 Å². The molecule has 19 heavy (non-hydrogen) atoms. The Labute approximate surface area is 138 Å². The summed E-state index contributed by atoms with van der Waals surface area (Å²) in [6.45, 7) is 0. The number of hydrogen-bond acceptors (Lipinski definition) is 1. The van der Waals surface area contributed by atoms with Crippen LogP contribution in [0.5, 0.6) is 5.75 Å². The minimum Gasteiger partial charge on any atom is -0.496 e. The lowest BCUT2D eigenvalue weighted by atomic mass is 10.0. The second kappa shape index (κ2) is 6.41. The third-order valence-electron chi connectivity index (χ3n) is 2.70. The van der Waals surface area contributed by atoms with Crippen molar-refractivity contribution in [2.75, 3.05) is 7.11 Å². The summed E-state index contributed by atoms with van der Waals surface area (Å²) in [7, 11) is 1.60. The van der Waals surface area contributed by atoms with Crippen LogP contribution in [0.3, 0.4) is 0 Å². The van der Waals surface area contributed by atoms with E-state index in [1.54, 1.807) is 13.2 Å². The van der Waals surface area contributed by atoms with E-state index in [1.165, 1.54) is 12.1 Å². The molecular formula is C14H10BrClFIO. The molecule has 2 aromatic carbocycles. The van der Waals surface area contributed by atoms with Gasteiger partial charge in [0, 0.05) is 13.6 Å². The zero-order valence-corrected chi connectivity index (χ0v) is 14.5. The quantitative estimate of drug-likeness (QED) is 0.437. The molecule has 0 aliphatic rings. The van der Waals surface area contributed by atoms with Crippen LogP contribution in [-0.2, 0) is 0 Å². The van der Waals surface area contributed by atoms with Crippen LogP contribution in [0.2, 0.25) is 0 Å². The van der Waals surface area contributed by atoms with E-state index in [9.17, 15) is 4.39 Å². The van der Waals surface area contributed by atoms with Gasteiger partial charge in [-0.3, -0.25) is 0 Å². The zero-order chi connectivity index (χ0) is 14.0. The summed E-state index contributed by atoms with van der Waals surface area (Å²) in [5.41, 5.74) is 1.71.